The summed E-state index contributed by atoms with van der Waals surface area (Å²) >= 11 is 0. The second-order valence-electron chi connectivity index (χ2n) is 4.35. The molecule has 0 spiro atoms. The average Bonchev–Trinajstić information content (AvgIpc) is 2.56. The first-order valence-corrected chi connectivity index (χ1v) is 5.44. The van der Waals surface area contributed by atoms with E-state index in [0.29, 0.717) is 0 Å². The number of carboxylic acids is 1. The van der Waals surface area contributed by atoms with Gasteiger partial charge in [0.2, 0.25) is 0 Å². The SMILES string of the molecule is CC(C)c1c(C(=O)O)nn2c1CCCC2. The fourth-order valence-electron chi connectivity index (χ4n) is 2.28. The van der Waals surface area contributed by atoms with E-state index in [2.05, 4.69) is 5.10 Å². The number of nitrogens with zero attached hydrogens (tertiary/aromatic N) is 2. The van der Waals surface area contributed by atoms with Crippen LogP contribution in [0.25, 0.3) is 0 Å². The summed E-state index contributed by atoms with van der Waals surface area (Å²) in [6, 6.07) is 0. The second kappa shape index (κ2) is 3.68. The monoisotopic (exact) mass is 208 g/mol. The quantitative estimate of drug-likeness (QED) is 0.809. The number of fused-ring (bicyclic) bond motifs is 1. The second-order valence-corrected chi connectivity index (χ2v) is 4.35. The minimum Gasteiger partial charge on any atom is -0.476 e. The highest BCUT2D eigenvalue weighted by molar-refractivity contribution is 5.87. The van der Waals surface area contributed by atoms with Crippen molar-refractivity contribution in [3.05, 3.63) is 17.0 Å². The topological polar surface area (TPSA) is 55.1 Å². The number of aromatic carboxylic acids is 1. The smallest absolute Gasteiger partial charge is 0.356 e. The van der Waals surface area contributed by atoms with Crippen LogP contribution in [0.2, 0.25) is 0 Å². The van der Waals surface area contributed by atoms with E-state index in [4.69, 9.17) is 5.11 Å². The standard InChI is InChI=1S/C11H16N2O2/c1-7(2)9-8-5-3-4-6-13(8)12-10(9)11(14)15/h7H,3-6H2,1-2H3,(H,14,15). The molecule has 0 saturated heterocycles. The fraction of sp³-hybridized carbons (Fsp3) is 0.636. The van der Waals surface area contributed by atoms with Gasteiger partial charge in [-0.15, -0.1) is 0 Å². The number of carbonyl (C=O) groups is 1. The fourth-order valence-corrected chi connectivity index (χ4v) is 2.28. The van der Waals surface area contributed by atoms with Crippen LogP contribution in [0.5, 0.6) is 0 Å². The summed E-state index contributed by atoms with van der Waals surface area (Å²) in [5.74, 6) is -0.668. The van der Waals surface area contributed by atoms with Crippen molar-refractivity contribution in [2.45, 2.75) is 45.6 Å². The molecule has 0 aromatic carbocycles. The largest absolute Gasteiger partial charge is 0.476 e. The summed E-state index contributed by atoms with van der Waals surface area (Å²) < 4.78 is 1.88. The van der Waals surface area contributed by atoms with E-state index in [1.165, 1.54) is 0 Å². The van der Waals surface area contributed by atoms with Crippen LogP contribution in [0.15, 0.2) is 0 Å². The van der Waals surface area contributed by atoms with Gasteiger partial charge in [0, 0.05) is 17.8 Å². The molecule has 82 valence electrons. The van der Waals surface area contributed by atoms with E-state index < -0.39 is 5.97 Å². The molecule has 0 atom stereocenters. The van der Waals surface area contributed by atoms with Crippen LogP contribution in [-0.2, 0) is 13.0 Å². The number of rotatable bonds is 2. The van der Waals surface area contributed by atoms with Gasteiger partial charge in [0.1, 0.15) is 0 Å². The Kier molecular flexibility index (Phi) is 2.50. The van der Waals surface area contributed by atoms with Crippen molar-refractivity contribution in [3.63, 3.8) is 0 Å². The van der Waals surface area contributed by atoms with Crippen LogP contribution in [0.3, 0.4) is 0 Å². The predicted molar refractivity (Wildman–Crippen MR) is 56.2 cm³/mol. The van der Waals surface area contributed by atoms with Crippen LogP contribution in [-0.4, -0.2) is 20.9 Å². The van der Waals surface area contributed by atoms with Crippen molar-refractivity contribution >= 4 is 5.97 Å². The Labute approximate surface area is 88.9 Å². The van der Waals surface area contributed by atoms with Crippen molar-refractivity contribution in [1.29, 1.82) is 0 Å². The highest BCUT2D eigenvalue weighted by atomic mass is 16.4. The number of aryl methyl sites for hydroxylation is 1. The van der Waals surface area contributed by atoms with Crippen molar-refractivity contribution < 1.29 is 9.90 Å². The van der Waals surface area contributed by atoms with Gasteiger partial charge in [-0.05, 0) is 25.2 Å². The molecule has 0 bridgehead atoms. The molecule has 0 fully saturated rings. The lowest BCUT2D eigenvalue weighted by Crippen LogP contribution is -2.12. The Balaban J connectivity index is 2.56. The molecule has 0 saturated carbocycles. The van der Waals surface area contributed by atoms with E-state index in [1.54, 1.807) is 0 Å². The minimum absolute atomic E-state index is 0.234. The van der Waals surface area contributed by atoms with Gasteiger partial charge < -0.3 is 5.11 Å². The summed E-state index contributed by atoms with van der Waals surface area (Å²) in [5, 5.41) is 13.3. The molecule has 0 radical (unpaired) electrons. The third-order valence-corrected chi connectivity index (χ3v) is 2.91. The lowest BCUT2D eigenvalue weighted by atomic mass is 9.96. The molecule has 1 aliphatic rings. The van der Waals surface area contributed by atoms with Gasteiger partial charge in [-0.1, -0.05) is 13.8 Å². The Morgan fingerprint density at radius 2 is 2.20 bits per heavy atom. The molecular weight excluding hydrogens is 192 g/mol. The van der Waals surface area contributed by atoms with Gasteiger partial charge in [-0.2, -0.15) is 5.10 Å². The molecule has 0 aliphatic carbocycles. The van der Waals surface area contributed by atoms with E-state index in [0.717, 1.165) is 37.1 Å². The number of aromatic nitrogens is 2. The van der Waals surface area contributed by atoms with E-state index in [-0.39, 0.29) is 11.6 Å². The van der Waals surface area contributed by atoms with Crippen molar-refractivity contribution in [2.75, 3.05) is 0 Å². The first kappa shape index (κ1) is 10.2. The van der Waals surface area contributed by atoms with E-state index in [9.17, 15) is 4.79 Å². The molecule has 0 unspecified atom stereocenters. The summed E-state index contributed by atoms with van der Waals surface area (Å²) in [7, 11) is 0. The Morgan fingerprint density at radius 3 is 2.80 bits per heavy atom. The molecule has 0 amide bonds. The van der Waals surface area contributed by atoms with Crippen molar-refractivity contribution in [3.8, 4) is 0 Å². The number of hydrogen-bond acceptors (Lipinski definition) is 2. The van der Waals surface area contributed by atoms with Gasteiger partial charge in [0.05, 0.1) is 0 Å². The third kappa shape index (κ3) is 1.64. The Hall–Kier alpha value is -1.32. The van der Waals surface area contributed by atoms with Crippen LogP contribution in [0, 0.1) is 0 Å². The summed E-state index contributed by atoms with van der Waals surface area (Å²) in [5.41, 5.74) is 2.32. The lowest BCUT2D eigenvalue weighted by molar-refractivity contribution is 0.0688. The van der Waals surface area contributed by atoms with Crippen molar-refractivity contribution in [2.24, 2.45) is 0 Å². The third-order valence-electron chi connectivity index (χ3n) is 2.91. The Bertz CT molecular complexity index is 394. The zero-order chi connectivity index (χ0) is 11.0. The van der Waals surface area contributed by atoms with Gasteiger partial charge in [-0.3, -0.25) is 4.68 Å². The highest BCUT2D eigenvalue weighted by Crippen LogP contribution is 2.27. The maximum absolute atomic E-state index is 11.1. The summed E-state index contributed by atoms with van der Waals surface area (Å²) in [6.07, 6.45) is 3.21. The average molecular weight is 208 g/mol. The summed E-state index contributed by atoms with van der Waals surface area (Å²) in [6.45, 7) is 4.92. The van der Waals surface area contributed by atoms with Gasteiger partial charge in [-0.25, -0.2) is 4.79 Å². The molecule has 2 rings (SSSR count). The molecule has 1 aliphatic heterocycles. The maximum atomic E-state index is 11.1. The molecule has 4 heteroatoms. The normalized spacial score (nSPS) is 15.4. The van der Waals surface area contributed by atoms with E-state index >= 15 is 0 Å². The Morgan fingerprint density at radius 1 is 1.47 bits per heavy atom. The number of hydrogen-bond donors (Lipinski definition) is 1. The van der Waals surface area contributed by atoms with Crippen molar-refractivity contribution in [1.82, 2.24) is 9.78 Å². The molecule has 2 heterocycles. The van der Waals surface area contributed by atoms with Gasteiger partial charge >= 0.3 is 5.97 Å². The number of carboxylic acid groups (broad SMARTS) is 1. The van der Waals surface area contributed by atoms with Crippen LogP contribution >= 0.6 is 0 Å². The molecule has 1 aromatic heterocycles. The lowest BCUT2D eigenvalue weighted by Gasteiger charge is -2.15. The van der Waals surface area contributed by atoms with Crippen LogP contribution in [0.4, 0.5) is 0 Å². The van der Waals surface area contributed by atoms with Gasteiger partial charge in [0.15, 0.2) is 5.69 Å². The molecule has 1 aromatic rings. The van der Waals surface area contributed by atoms with Gasteiger partial charge in [0.25, 0.3) is 0 Å². The first-order chi connectivity index (χ1) is 7.11. The van der Waals surface area contributed by atoms with Crippen LogP contribution in [0.1, 0.15) is 54.4 Å². The molecule has 4 nitrogen and oxygen atoms in total. The maximum Gasteiger partial charge on any atom is 0.356 e. The van der Waals surface area contributed by atoms with E-state index in [1.807, 2.05) is 18.5 Å². The predicted octanol–water partition coefficient (Wildman–Crippen LogP) is 2.04. The minimum atomic E-state index is -0.902. The molecular formula is C11H16N2O2. The van der Waals surface area contributed by atoms with Crippen LogP contribution < -0.4 is 0 Å². The zero-order valence-electron chi connectivity index (χ0n) is 9.16. The first-order valence-electron chi connectivity index (χ1n) is 5.44. The molecule has 1 N–H and O–H groups in total. The highest BCUT2D eigenvalue weighted by Gasteiger charge is 2.25. The zero-order valence-corrected chi connectivity index (χ0v) is 9.16. The summed E-state index contributed by atoms with van der Waals surface area (Å²) in [4.78, 5) is 11.1. The molecule has 15 heavy (non-hydrogen) atoms.